The maximum atomic E-state index is 13.0. The molecule has 1 unspecified atom stereocenters. The van der Waals surface area contributed by atoms with Gasteiger partial charge in [-0.05, 0) is 56.7 Å². The molecule has 34 heavy (non-hydrogen) atoms. The molecular formula is C25H38N4O4S. The second-order valence-corrected chi connectivity index (χ2v) is 11.4. The number of hydrogen-bond donors (Lipinski definition) is 0. The van der Waals surface area contributed by atoms with Crippen molar-refractivity contribution >= 4 is 27.0 Å². The van der Waals surface area contributed by atoms with E-state index in [4.69, 9.17) is 9.72 Å². The molecule has 0 spiro atoms. The molecule has 188 valence electrons. The van der Waals surface area contributed by atoms with Gasteiger partial charge in [0, 0.05) is 52.2 Å². The molecule has 2 fully saturated rings. The van der Waals surface area contributed by atoms with Gasteiger partial charge in [-0.1, -0.05) is 13.8 Å². The third-order valence-corrected chi connectivity index (χ3v) is 8.69. The molecule has 0 bridgehead atoms. The van der Waals surface area contributed by atoms with Crippen LogP contribution in [0.4, 0.5) is 0 Å². The fraction of sp³-hybridized carbons (Fsp3) is 0.680. The predicted molar refractivity (Wildman–Crippen MR) is 132 cm³/mol. The fourth-order valence-corrected chi connectivity index (χ4v) is 6.56. The number of nitrogens with zero attached hydrogens (tertiary/aromatic N) is 4. The van der Waals surface area contributed by atoms with Gasteiger partial charge in [-0.15, -0.1) is 0 Å². The molecule has 0 saturated carbocycles. The number of amides is 1. The summed E-state index contributed by atoms with van der Waals surface area (Å²) in [7, 11) is -3.49. The third-order valence-electron chi connectivity index (χ3n) is 6.80. The van der Waals surface area contributed by atoms with Gasteiger partial charge >= 0.3 is 0 Å². The molecule has 1 atom stereocenters. The van der Waals surface area contributed by atoms with E-state index in [9.17, 15) is 13.2 Å². The summed E-state index contributed by atoms with van der Waals surface area (Å²) in [5.41, 5.74) is 1.61. The summed E-state index contributed by atoms with van der Waals surface area (Å²) in [6.07, 6.45) is 6.80. The van der Waals surface area contributed by atoms with Crippen LogP contribution in [-0.4, -0.2) is 72.0 Å². The lowest BCUT2D eigenvalue weighted by atomic mass is 10.1. The number of sulfonamides is 1. The van der Waals surface area contributed by atoms with Crippen LogP contribution in [0.15, 0.2) is 23.1 Å². The first kappa shape index (κ1) is 25.1. The molecule has 0 N–H and O–H groups in total. The van der Waals surface area contributed by atoms with E-state index in [-0.39, 0.29) is 12.0 Å². The molecule has 4 rings (SSSR count). The number of likely N-dealkylation sites (tertiary alicyclic amines) is 1. The Bertz CT molecular complexity index is 1090. The number of carbonyl (C=O) groups is 1. The SMILES string of the molecule is CCCOC1CCCN(C(=O)CCc2nc3cc(S(=O)(=O)N4CCCC4)ccc3n2CCC)C1. The van der Waals surface area contributed by atoms with Gasteiger partial charge in [0.05, 0.1) is 22.0 Å². The summed E-state index contributed by atoms with van der Waals surface area (Å²) in [6, 6.07) is 5.26. The number of ether oxygens (including phenoxy) is 1. The van der Waals surface area contributed by atoms with E-state index in [2.05, 4.69) is 18.4 Å². The van der Waals surface area contributed by atoms with Crippen LogP contribution in [0, 0.1) is 0 Å². The number of aryl methyl sites for hydroxylation is 2. The molecule has 0 aliphatic carbocycles. The number of rotatable bonds is 10. The van der Waals surface area contributed by atoms with Gasteiger partial charge in [0.25, 0.3) is 0 Å². The van der Waals surface area contributed by atoms with Crippen molar-refractivity contribution in [2.24, 2.45) is 0 Å². The lowest BCUT2D eigenvalue weighted by molar-refractivity contribution is -0.135. The Hall–Kier alpha value is -1.97. The standard InChI is InChI=1S/C25H38N4O4S/c1-3-13-29-23-10-9-21(34(31,32)28-15-5-6-16-28)18-22(23)26-24(29)11-12-25(30)27-14-7-8-20(19-27)33-17-4-2/h9-10,18,20H,3-8,11-17,19H2,1-2H3. The Labute approximate surface area is 203 Å². The Morgan fingerprint density at radius 2 is 1.91 bits per heavy atom. The van der Waals surface area contributed by atoms with E-state index in [1.807, 2.05) is 11.0 Å². The normalized spacial score (nSPS) is 19.8. The van der Waals surface area contributed by atoms with Gasteiger partial charge in [-0.2, -0.15) is 4.31 Å². The molecule has 3 heterocycles. The summed E-state index contributed by atoms with van der Waals surface area (Å²) in [6.45, 7) is 8.35. The zero-order valence-electron chi connectivity index (χ0n) is 20.5. The largest absolute Gasteiger partial charge is 0.376 e. The highest BCUT2D eigenvalue weighted by Gasteiger charge is 2.28. The van der Waals surface area contributed by atoms with Gasteiger partial charge in [0.15, 0.2) is 0 Å². The topological polar surface area (TPSA) is 84.7 Å². The first-order valence-electron chi connectivity index (χ1n) is 12.8. The lowest BCUT2D eigenvalue weighted by Crippen LogP contribution is -2.43. The molecule has 1 aromatic heterocycles. The second-order valence-electron chi connectivity index (χ2n) is 9.42. The first-order chi connectivity index (χ1) is 16.4. The molecule has 2 aliphatic heterocycles. The van der Waals surface area contributed by atoms with Crippen LogP contribution in [0.3, 0.4) is 0 Å². The van der Waals surface area contributed by atoms with Crippen molar-refractivity contribution in [2.75, 3.05) is 32.8 Å². The number of benzene rings is 1. The van der Waals surface area contributed by atoms with E-state index in [0.717, 1.165) is 69.6 Å². The van der Waals surface area contributed by atoms with Crippen molar-refractivity contribution in [2.45, 2.75) is 82.8 Å². The molecule has 2 aromatic rings. The number of carbonyl (C=O) groups excluding carboxylic acids is 1. The average molecular weight is 491 g/mol. The Morgan fingerprint density at radius 3 is 2.65 bits per heavy atom. The van der Waals surface area contributed by atoms with E-state index in [1.165, 1.54) is 0 Å². The summed E-state index contributed by atoms with van der Waals surface area (Å²) < 4.78 is 35.6. The van der Waals surface area contributed by atoms with Crippen LogP contribution < -0.4 is 0 Å². The number of imidazole rings is 1. The quantitative estimate of drug-likeness (QED) is 0.508. The van der Waals surface area contributed by atoms with Gasteiger partial charge in [-0.25, -0.2) is 13.4 Å². The van der Waals surface area contributed by atoms with E-state index in [1.54, 1.807) is 16.4 Å². The molecule has 9 heteroatoms. The van der Waals surface area contributed by atoms with Gasteiger partial charge in [0.2, 0.25) is 15.9 Å². The molecule has 2 aliphatic rings. The second kappa shape index (κ2) is 11.2. The Balaban J connectivity index is 1.49. The highest BCUT2D eigenvalue weighted by Crippen LogP contribution is 2.26. The van der Waals surface area contributed by atoms with Crippen LogP contribution in [0.5, 0.6) is 0 Å². The van der Waals surface area contributed by atoms with Gasteiger partial charge in [-0.3, -0.25) is 4.79 Å². The van der Waals surface area contributed by atoms with Crippen molar-refractivity contribution in [3.05, 3.63) is 24.0 Å². The van der Waals surface area contributed by atoms with Crippen LogP contribution in [0.25, 0.3) is 11.0 Å². The highest BCUT2D eigenvalue weighted by molar-refractivity contribution is 7.89. The maximum Gasteiger partial charge on any atom is 0.243 e. The van der Waals surface area contributed by atoms with Crippen LogP contribution in [0.1, 0.15) is 64.6 Å². The van der Waals surface area contributed by atoms with Crippen LogP contribution in [0.2, 0.25) is 0 Å². The molecule has 1 aromatic carbocycles. The Kier molecular flexibility index (Phi) is 8.26. The molecular weight excluding hydrogens is 452 g/mol. The first-order valence-corrected chi connectivity index (χ1v) is 14.3. The number of aromatic nitrogens is 2. The van der Waals surface area contributed by atoms with Crippen LogP contribution >= 0.6 is 0 Å². The van der Waals surface area contributed by atoms with Gasteiger partial charge in [0.1, 0.15) is 5.82 Å². The van der Waals surface area contributed by atoms with Crippen molar-refractivity contribution in [1.82, 2.24) is 18.8 Å². The molecule has 0 radical (unpaired) electrons. The summed E-state index contributed by atoms with van der Waals surface area (Å²) in [5, 5.41) is 0. The minimum Gasteiger partial charge on any atom is -0.376 e. The van der Waals surface area contributed by atoms with E-state index in [0.29, 0.717) is 42.9 Å². The van der Waals surface area contributed by atoms with Crippen molar-refractivity contribution in [1.29, 1.82) is 0 Å². The minimum atomic E-state index is -3.49. The number of piperidine rings is 1. The number of hydrogen-bond acceptors (Lipinski definition) is 5. The summed E-state index contributed by atoms with van der Waals surface area (Å²) in [4.78, 5) is 20.0. The highest BCUT2D eigenvalue weighted by atomic mass is 32.2. The smallest absolute Gasteiger partial charge is 0.243 e. The van der Waals surface area contributed by atoms with E-state index < -0.39 is 10.0 Å². The fourth-order valence-electron chi connectivity index (χ4n) is 5.02. The summed E-state index contributed by atoms with van der Waals surface area (Å²) in [5.74, 6) is 0.980. The lowest BCUT2D eigenvalue weighted by Gasteiger charge is -2.32. The maximum absolute atomic E-state index is 13.0. The zero-order chi connectivity index (χ0) is 24.1. The molecule has 8 nitrogen and oxygen atoms in total. The van der Waals surface area contributed by atoms with E-state index >= 15 is 0 Å². The predicted octanol–water partition coefficient (Wildman–Crippen LogP) is 3.58. The molecule has 2 saturated heterocycles. The third kappa shape index (κ3) is 5.47. The van der Waals surface area contributed by atoms with Gasteiger partial charge < -0.3 is 14.2 Å². The molecule has 1 amide bonds. The van der Waals surface area contributed by atoms with Crippen LogP contribution in [-0.2, 0) is 32.5 Å². The monoisotopic (exact) mass is 490 g/mol. The average Bonchev–Trinajstić information content (AvgIpc) is 3.50. The summed E-state index contributed by atoms with van der Waals surface area (Å²) >= 11 is 0. The zero-order valence-corrected chi connectivity index (χ0v) is 21.4. The number of fused-ring (bicyclic) bond motifs is 1. The van der Waals surface area contributed by atoms with Crippen molar-refractivity contribution in [3.63, 3.8) is 0 Å². The Morgan fingerprint density at radius 1 is 1.12 bits per heavy atom. The van der Waals surface area contributed by atoms with Crippen molar-refractivity contribution in [3.8, 4) is 0 Å². The van der Waals surface area contributed by atoms with Crippen molar-refractivity contribution < 1.29 is 17.9 Å². The minimum absolute atomic E-state index is 0.136.